The van der Waals surface area contributed by atoms with Crippen molar-refractivity contribution >= 4 is 17.3 Å². The number of hydrogen-bond acceptors (Lipinski definition) is 4. The number of amides is 1. The molecule has 1 rings (SSSR count). The first-order valence-electron chi connectivity index (χ1n) is 6.46. The highest BCUT2D eigenvalue weighted by atomic mass is 16.3. The number of hydrogen-bond donors (Lipinski definition) is 4. The smallest absolute Gasteiger partial charge is 0.251 e. The number of rotatable bonds is 6. The van der Waals surface area contributed by atoms with Gasteiger partial charge in [0.2, 0.25) is 0 Å². The summed E-state index contributed by atoms with van der Waals surface area (Å²) in [7, 11) is 1.59. The van der Waals surface area contributed by atoms with Crippen molar-refractivity contribution in [3.05, 3.63) is 23.8 Å². The number of carbonyl (C=O) groups is 1. The van der Waals surface area contributed by atoms with Crippen LogP contribution < -0.4 is 16.4 Å². The van der Waals surface area contributed by atoms with Gasteiger partial charge in [-0.15, -0.1) is 0 Å². The normalized spacial score (nSPS) is 13.7. The molecule has 1 aromatic rings. The van der Waals surface area contributed by atoms with Crippen molar-refractivity contribution in [1.82, 2.24) is 5.32 Å². The molecule has 0 aliphatic carbocycles. The maximum absolute atomic E-state index is 11.6. The summed E-state index contributed by atoms with van der Waals surface area (Å²) in [6, 6.07) is 5.13. The first-order valence-corrected chi connectivity index (χ1v) is 6.46. The molecule has 5 heteroatoms. The Kier molecular flexibility index (Phi) is 5.18. The number of nitrogens with one attached hydrogen (secondary N) is 2. The largest absolute Gasteiger partial charge is 0.397 e. The van der Waals surface area contributed by atoms with E-state index in [1.54, 1.807) is 25.2 Å². The van der Waals surface area contributed by atoms with Crippen LogP contribution in [0.4, 0.5) is 11.4 Å². The van der Waals surface area contributed by atoms with Crippen molar-refractivity contribution in [2.75, 3.05) is 24.7 Å². The van der Waals surface area contributed by atoms with Gasteiger partial charge in [-0.3, -0.25) is 4.79 Å². The molecule has 0 saturated heterocycles. The van der Waals surface area contributed by atoms with Crippen molar-refractivity contribution in [1.29, 1.82) is 0 Å². The standard InChI is InChI=1S/C14H23N3O2/c1-4-14(2,7-8-18)17-12-9-10(13(19)16-3)5-6-11(12)15/h5-6,9,17-18H,4,7-8,15H2,1-3H3,(H,16,19). The summed E-state index contributed by atoms with van der Waals surface area (Å²) in [5.41, 5.74) is 7.55. The minimum atomic E-state index is -0.246. The molecule has 0 fully saturated rings. The summed E-state index contributed by atoms with van der Waals surface area (Å²) < 4.78 is 0. The summed E-state index contributed by atoms with van der Waals surface area (Å²) in [5, 5.41) is 15.0. The van der Waals surface area contributed by atoms with Crippen LogP contribution in [0.25, 0.3) is 0 Å². The Morgan fingerprint density at radius 2 is 2.16 bits per heavy atom. The molecule has 1 atom stereocenters. The van der Waals surface area contributed by atoms with E-state index in [1.165, 1.54) is 0 Å². The van der Waals surface area contributed by atoms with E-state index >= 15 is 0 Å². The van der Waals surface area contributed by atoms with Gasteiger partial charge in [-0.05, 0) is 38.0 Å². The van der Waals surface area contributed by atoms with Crippen molar-refractivity contribution in [2.24, 2.45) is 0 Å². The lowest BCUT2D eigenvalue weighted by Gasteiger charge is -2.31. The lowest BCUT2D eigenvalue weighted by molar-refractivity contribution is 0.0963. The first kappa shape index (κ1) is 15.3. The van der Waals surface area contributed by atoms with Gasteiger partial charge >= 0.3 is 0 Å². The highest BCUT2D eigenvalue weighted by Crippen LogP contribution is 2.27. The topological polar surface area (TPSA) is 87.4 Å². The Balaban J connectivity index is 3.02. The van der Waals surface area contributed by atoms with Crippen LogP contribution in [0.15, 0.2) is 18.2 Å². The Labute approximate surface area is 114 Å². The molecule has 5 N–H and O–H groups in total. The van der Waals surface area contributed by atoms with Gasteiger partial charge in [0.05, 0.1) is 11.4 Å². The van der Waals surface area contributed by atoms with E-state index in [-0.39, 0.29) is 18.1 Å². The van der Waals surface area contributed by atoms with Crippen LogP contribution in [0.3, 0.4) is 0 Å². The van der Waals surface area contributed by atoms with Crippen LogP contribution in [0.5, 0.6) is 0 Å². The molecule has 0 radical (unpaired) electrons. The SMILES string of the molecule is CCC(C)(CCO)Nc1cc(C(=O)NC)ccc1N. The summed E-state index contributed by atoms with van der Waals surface area (Å²) in [4.78, 5) is 11.6. The van der Waals surface area contributed by atoms with Gasteiger partial charge < -0.3 is 21.5 Å². The molecule has 0 saturated carbocycles. The zero-order chi connectivity index (χ0) is 14.5. The molecule has 0 spiro atoms. The third-order valence-electron chi connectivity index (χ3n) is 3.42. The third-order valence-corrected chi connectivity index (χ3v) is 3.42. The van der Waals surface area contributed by atoms with Crippen LogP contribution in [-0.2, 0) is 0 Å². The fourth-order valence-electron chi connectivity index (χ4n) is 1.85. The van der Waals surface area contributed by atoms with Gasteiger partial charge in [-0.1, -0.05) is 6.92 Å². The molecule has 106 valence electrons. The van der Waals surface area contributed by atoms with Crippen molar-refractivity contribution in [2.45, 2.75) is 32.2 Å². The number of anilines is 2. The predicted molar refractivity (Wildman–Crippen MR) is 78.3 cm³/mol. The van der Waals surface area contributed by atoms with Gasteiger partial charge in [0.1, 0.15) is 0 Å². The summed E-state index contributed by atoms with van der Waals surface area (Å²) in [5.74, 6) is -0.150. The molecule has 0 bridgehead atoms. The van der Waals surface area contributed by atoms with Crippen LogP contribution in [-0.4, -0.2) is 30.2 Å². The summed E-state index contributed by atoms with van der Waals surface area (Å²) in [6.45, 7) is 4.17. The van der Waals surface area contributed by atoms with E-state index in [0.717, 1.165) is 12.1 Å². The summed E-state index contributed by atoms with van der Waals surface area (Å²) >= 11 is 0. The fraction of sp³-hybridized carbons (Fsp3) is 0.500. The molecule has 1 amide bonds. The van der Waals surface area contributed by atoms with Crippen LogP contribution in [0, 0.1) is 0 Å². The molecule has 0 aliphatic rings. The minimum absolute atomic E-state index is 0.104. The molecule has 0 aromatic heterocycles. The van der Waals surface area contributed by atoms with Crippen molar-refractivity contribution in [3.63, 3.8) is 0 Å². The molecular weight excluding hydrogens is 242 g/mol. The van der Waals surface area contributed by atoms with E-state index in [9.17, 15) is 4.79 Å². The Hall–Kier alpha value is -1.75. The van der Waals surface area contributed by atoms with Crippen molar-refractivity contribution in [3.8, 4) is 0 Å². The molecule has 19 heavy (non-hydrogen) atoms. The Morgan fingerprint density at radius 3 is 2.68 bits per heavy atom. The van der Waals surface area contributed by atoms with Gasteiger partial charge in [0.25, 0.3) is 5.91 Å². The highest BCUT2D eigenvalue weighted by Gasteiger charge is 2.22. The predicted octanol–water partition coefficient (Wildman–Crippen LogP) is 1.59. The lowest BCUT2D eigenvalue weighted by Crippen LogP contribution is -2.35. The van der Waals surface area contributed by atoms with E-state index < -0.39 is 0 Å². The van der Waals surface area contributed by atoms with Crippen LogP contribution in [0.2, 0.25) is 0 Å². The second-order valence-electron chi connectivity index (χ2n) is 4.89. The maximum atomic E-state index is 11.6. The number of nitrogen functional groups attached to an aromatic ring is 1. The van der Waals surface area contributed by atoms with Gasteiger partial charge in [-0.2, -0.15) is 0 Å². The summed E-state index contributed by atoms with van der Waals surface area (Å²) in [6.07, 6.45) is 1.46. The van der Waals surface area contributed by atoms with Crippen LogP contribution >= 0.6 is 0 Å². The van der Waals surface area contributed by atoms with Gasteiger partial charge in [0.15, 0.2) is 0 Å². The first-order chi connectivity index (χ1) is 8.95. The van der Waals surface area contributed by atoms with Gasteiger partial charge in [0, 0.05) is 24.8 Å². The van der Waals surface area contributed by atoms with E-state index in [0.29, 0.717) is 17.7 Å². The Bertz CT molecular complexity index is 448. The minimum Gasteiger partial charge on any atom is -0.397 e. The molecular formula is C14H23N3O2. The number of aliphatic hydroxyl groups excluding tert-OH is 1. The number of benzene rings is 1. The lowest BCUT2D eigenvalue weighted by atomic mass is 9.94. The van der Waals surface area contributed by atoms with E-state index in [1.807, 2.05) is 13.8 Å². The Morgan fingerprint density at radius 1 is 1.47 bits per heavy atom. The molecule has 0 heterocycles. The highest BCUT2D eigenvalue weighted by molar-refractivity contribution is 5.96. The zero-order valence-corrected chi connectivity index (χ0v) is 11.8. The van der Waals surface area contributed by atoms with E-state index in [4.69, 9.17) is 10.8 Å². The maximum Gasteiger partial charge on any atom is 0.251 e. The molecule has 1 unspecified atom stereocenters. The third kappa shape index (κ3) is 3.86. The fourth-order valence-corrected chi connectivity index (χ4v) is 1.85. The number of nitrogens with two attached hydrogens (primary N) is 1. The quantitative estimate of drug-likeness (QED) is 0.588. The number of carbonyl (C=O) groups excluding carboxylic acids is 1. The zero-order valence-electron chi connectivity index (χ0n) is 11.8. The van der Waals surface area contributed by atoms with Crippen molar-refractivity contribution < 1.29 is 9.90 Å². The average molecular weight is 265 g/mol. The molecule has 5 nitrogen and oxygen atoms in total. The second kappa shape index (κ2) is 6.43. The second-order valence-corrected chi connectivity index (χ2v) is 4.89. The van der Waals surface area contributed by atoms with E-state index in [2.05, 4.69) is 10.6 Å². The monoisotopic (exact) mass is 265 g/mol. The molecule has 1 aromatic carbocycles. The van der Waals surface area contributed by atoms with Gasteiger partial charge in [-0.25, -0.2) is 0 Å². The number of aliphatic hydroxyl groups is 1. The molecule has 0 aliphatic heterocycles. The van der Waals surface area contributed by atoms with Crippen LogP contribution in [0.1, 0.15) is 37.0 Å². The average Bonchev–Trinajstić information content (AvgIpc) is 2.40.